The summed E-state index contributed by atoms with van der Waals surface area (Å²) in [5.41, 5.74) is 2.43. The van der Waals surface area contributed by atoms with Gasteiger partial charge in [0.1, 0.15) is 11.8 Å². The normalized spacial score (nSPS) is 12.9. The lowest BCUT2D eigenvalue weighted by molar-refractivity contribution is -0.127. The first kappa shape index (κ1) is 20.4. The molecule has 0 unspecified atom stereocenters. The average molecular weight is 394 g/mol. The van der Waals surface area contributed by atoms with Crippen molar-refractivity contribution >= 4 is 28.8 Å². The number of H-pyrrole nitrogens is 1. The van der Waals surface area contributed by atoms with Gasteiger partial charge in [0.25, 0.3) is 0 Å². The molecule has 2 atom stereocenters. The van der Waals surface area contributed by atoms with Gasteiger partial charge in [-0.15, -0.1) is 0 Å². The van der Waals surface area contributed by atoms with Gasteiger partial charge in [-0.2, -0.15) is 0 Å². The van der Waals surface area contributed by atoms with Gasteiger partial charge in [-0.1, -0.05) is 44.5 Å². The van der Waals surface area contributed by atoms with Crippen LogP contribution in [0.1, 0.15) is 25.8 Å². The maximum Gasteiger partial charge on any atom is 0.249 e. The summed E-state index contributed by atoms with van der Waals surface area (Å²) in [6.07, 6.45) is 0.916. The number of anilines is 1. The first-order valence-electron chi connectivity index (χ1n) is 9.68. The summed E-state index contributed by atoms with van der Waals surface area (Å²) < 4.78 is 5.20. The number of amides is 2. The zero-order valence-corrected chi connectivity index (χ0v) is 16.9. The Kier molecular flexibility index (Phi) is 6.49. The number of carbonyl (C=O) groups excluding carboxylic acids is 2. The predicted octanol–water partition coefficient (Wildman–Crippen LogP) is 3.28. The van der Waals surface area contributed by atoms with Gasteiger partial charge in [0.05, 0.1) is 24.6 Å². The number of nitrogens with zero attached hydrogens (tertiary/aromatic N) is 1. The number of methoxy groups -OCH3 is 1. The molecule has 7 nitrogen and oxygen atoms in total. The summed E-state index contributed by atoms with van der Waals surface area (Å²) >= 11 is 0. The predicted molar refractivity (Wildman–Crippen MR) is 113 cm³/mol. The maximum atomic E-state index is 12.9. The van der Waals surface area contributed by atoms with Crippen molar-refractivity contribution in [3.63, 3.8) is 0 Å². The first-order chi connectivity index (χ1) is 14.0. The molecule has 0 saturated heterocycles. The van der Waals surface area contributed by atoms with Crippen LogP contribution in [0.25, 0.3) is 11.0 Å². The van der Waals surface area contributed by atoms with Crippen LogP contribution >= 0.6 is 0 Å². The topological polar surface area (TPSA) is 96.1 Å². The van der Waals surface area contributed by atoms with E-state index in [4.69, 9.17) is 4.74 Å². The molecule has 2 amide bonds. The van der Waals surface area contributed by atoms with Gasteiger partial charge in [0, 0.05) is 0 Å². The van der Waals surface area contributed by atoms with Gasteiger partial charge in [0.2, 0.25) is 17.8 Å². The van der Waals surface area contributed by atoms with E-state index in [0.717, 1.165) is 23.0 Å². The van der Waals surface area contributed by atoms with Crippen molar-refractivity contribution in [2.45, 2.75) is 32.7 Å². The lowest BCUT2D eigenvalue weighted by Gasteiger charge is -2.23. The highest BCUT2D eigenvalue weighted by Crippen LogP contribution is 2.16. The summed E-state index contributed by atoms with van der Waals surface area (Å²) in [6, 6.07) is 14.2. The van der Waals surface area contributed by atoms with E-state index in [-0.39, 0.29) is 24.2 Å². The molecule has 7 heteroatoms. The summed E-state index contributed by atoms with van der Waals surface area (Å²) in [7, 11) is 1.58. The zero-order chi connectivity index (χ0) is 20.8. The maximum absolute atomic E-state index is 12.9. The van der Waals surface area contributed by atoms with Gasteiger partial charge < -0.3 is 15.0 Å². The minimum absolute atomic E-state index is 0.0337. The number of fused-ring (bicyclic) bond motifs is 1. The SMILES string of the molecule is CC[C@@H](C)[C@H](NC(=O)Cc1cccc(OC)c1)C(=O)Nc1nc2ccccc2[nH]1. The molecule has 0 fully saturated rings. The van der Waals surface area contributed by atoms with E-state index in [1.807, 2.05) is 62.4 Å². The molecule has 3 N–H and O–H groups in total. The Hall–Kier alpha value is -3.35. The van der Waals surface area contributed by atoms with Crippen LogP contribution < -0.4 is 15.4 Å². The number of aromatic nitrogens is 2. The number of hydrogen-bond donors (Lipinski definition) is 3. The van der Waals surface area contributed by atoms with E-state index in [2.05, 4.69) is 20.6 Å². The first-order valence-corrected chi connectivity index (χ1v) is 9.68. The molecule has 1 heterocycles. The number of hydrogen-bond acceptors (Lipinski definition) is 4. The molecular formula is C22H26N4O3. The number of benzene rings is 2. The molecule has 0 aliphatic rings. The molecule has 0 radical (unpaired) electrons. The molecule has 0 spiro atoms. The molecule has 152 valence electrons. The van der Waals surface area contributed by atoms with Crippen molar-refractivity contribution in [2.24, 2.45) is 5.92 Å². The minimum atomic E-state index is -0.661. The van der Waals surface area contributed by atoms with Crippen molar-refractivity contribution in [2.75, 3.05) is 12.4 Å². The molecule has 3 aromatic rings. The molecule has 3 rings (SSSR count). The van der Waals surface area contributed by atoms with E-state index >= 15 is 0 Å². The van der Waals surface area contributed by atoms with E-state index in [1.54, 1.807) is 7.11 Å². The number of ether oxygens (including phenoxy) is 1. The molecule has 2 aromatic carbocycles. The zero-order valence-electron chi connectivity index (χ0n) is 16.9. The quantitative estimate of drug-likeness (QED) is 0.546. The fraction of sp³-hybridized carbons (Fsp3) is 0.318. The number of rotatable bonds is 8. The third-order valence-corrected chi connectivity index (χ3v) is 4.94. The molecular weight excluding hydrogens is 368 g/mol. The highest BCUT2D eigenvalue weighted by Gasteiger charge is 2.26. The number of imidazole rings is 1. The Labute approximate surface area is 169 Å². The van der Waals surface area contributed by atoms with Crippen LogP contribution in [-0.4, -0.2) is 34.9 Å². The van der Waals surface area contributed by atoms with Crippen LogP contribution in [0.5, 0.6) is 5.75 Å². The van der Waals surface area contributed by atoms with Gasteiger partial charge in [-0.3, -0.25) is 14.9 Å². The fourth-order valence-electron chi connectivity index (χ4n) is 3.10. The van der Waals surface area contributed by atoms with Crippen molar-refractivity contribution in [1.29, 1.82) is 0 Å². The van der Waals surface area contributed by atoms with Gasteiger partial charge >= 0.3 is 0 Å². The van der Waals surface area contributed by atoms with Gasteiger partial charge in [-0.25, -0.2) is 4.98 Å². The Morgan fingerprint density at radius 2 is 1.97 bits per heavy atom. The van der Waals surface area contributed by atoms with E-state index < -0.39 is 6.04 Å². The van der Waals surface area contributed by atoms with Crippen molar-refractivity contribution in [3.8, 4) is 5.75 Å². The van der Waals surface area contributed by atoms with Crippen LogP contribution in [0.4, 0.5) is 5.95 Å². The van der Waals surface area contributed by atoms with E-state index in [9.17, 15) is 9.59 Å². The van der Waals surface area contributed by atoms with Crippen molar-refractivity contribution < 1.29 is 14.3 Å². The second-order valence-corrected chi connectivity index (χ2v) is 7.05. The summed E-state index contributed by atoms with van der Waals surface area (Å²) in [5.74, 6) is 0.511. The van der Waals surface area contributed by atoms with Crippen LogP contribution in [0.3, 0.4) is 0 Å². The number of aromatic amines is 1. The van der Waals surface area contributed by atoms with Crippen LogP contribution in [0.2, 0.25) is 0 Å². The Morgan fingerprint density at radius 3 is 2.69 bits per heavy atom. The molecule has 0 aliphatic carbocycles. The molecule has 0 aliphatic heterocycles. The lowest BCUT2D eigenvalue weighted by atomic mass is 9.98. The van der Waals surface area contributed by atoms with Crippen LogP contribution in [0, 0.1) is 5.92 Å². The monoisotopic (exact) mass is 394 g/mol. The Balaban J connectivity index is 1.69. The second-order valence-electron chi connectivity index (χ2n) is 7.05. The minimum Gasteiger partial charge on any atom is -0.497 e. The van der Waals surface area contributed by atoms with E-state index in [1.165, 1.54) is 0 Å². The smallest absolute Gasteiger partial charge is 0.249 e. The molecule has 1 aromatic heterocycles. The largest absolute Gasteiger partial charge is 0.497 e. The van der Waals surface area contributed by atoms with Crippen LogP contribution in [-0.2, 0) is 16.0 Å². The second kappa shape index (κ2) is 9.23. The molecule has 0 bridgehead atoms. The average Bonchev–Trinajstić information content (AvgIpc) is 3.13. The highest BCUT2D eigenvalue weighted by atomic mass is 16.5. The molecule has 29 heavy (non-hydrogen) atoms. The van der Waals surface area contributed by atoms with Gasteiger partial charge in [0.15, 0.2) is 0 Å². The third-order valence-electron chi connectivity index (χ3n) is 4.94. The summed E-state index contributed by atoms with van der Waals surface area (Å²) in [4.78, 5) is 32.9. The van der Waals surface area contributed by atoms with Gasteiger partial charge in [-0.05, 0) is 35.7 Å². The number of nitrogens with one attached hydrogen (secondary N) is 3. The lowest BCUT2D eigenvalue weighted by Crippen LogP contribution is -2.48. The fourth-order valence-corrected chi connectivity index (χ4v) is 3.10. The van der Waals surface area contributed by atoms with E-state index in [0.29, 0.717) is 11.7 Å². The van der Waals surface area contributed by atoms with Crippen LogP contribution in [0.15, 0.2) is 48.5 Å². The number of para-hydroxylation sites is 2. The van der Waals surface area contributed by atoms with Crippen molar-refractivity contribution in [3.05, 3.63) is 54.1 Å². The Morgan fingerprint density at radius 1 is 1.17 bits per heavy atom. The Bertz CT molecular complexity index is 965. The molecule has 0 saturated carbocycles. The summed E-state index contributed by atoms with van der Waals surface area (Å²) in [6.45, 7) is 3.93. The van der Waals surface area contributed by atoms with Crippen molar-refractivity contribution in [1.82, 2.24) is 15.3 Å². The third kappa shape index (κ3) is 5.13. The highest BCUT2D eigenvalue weighted by molar-refractivity contribution is 5.97. The number of carbonyl (C=O) groups is 2. The standard InChI is InChI=1S/C22H26N4O3/c1-4-14(2)20(25-19(27)13-15-8-7-9-16(12-15)29-3)21(28)26-22-23-17-10-5-6-11-18(17)24-22/h5-12,14,20H,4,13H2,1-3H3,(H,25,27)(H2,23,24,26,28)/t14-,20+/m1/s1. The summed E-state index contributed by atoms with van der Waals surface area (Å²) in [5, 5.41) is 5.67.